The Bertz CT molecular complexity index is 432. The molecule has 2 aliphatic rings. The maximum Gasteiger partial charge on any atom is 0.254 e. The van der Waals surface area contributed by atoms with Crippen molar-refractivity contribution in [3.8, 4) is 0 Å². The molecular formula is C14H17NO2. The van der Waals surface area contributed by atoms with Gasteiger partial charge in [-0.3, -0.25) is 4.79 Å². The van der Waals surface area contributed by atoms with Gasteiger partial charge in [-0.2, -0.15) is 0 Å². The van der Waals surface area contributed by atoms with Crippen LogP contribution in [0.5, 0.6) is 0 Å². The van der Waals surface area contributed by atoms with Gasteiger partial charge in [0.05, 0.1) is 12.2 Å². The first-order valence-corrected chi connectivity index (χ1v) is 6.24. The second-order valence-electron chi connectivity index (χ2n) is 5.04. The van der Waals surface area contributed by atoms with Crippen molar-refractivity contribution in [2.24, 2.45) is 0 Å². The number of hydrogen-bond donors (Lipinski definition) is 0. The molecule has 1 aromatic carbocycles. The number of fused-ring (bicyclic) bond motifs is 2. The van der Waals surface area contributed by atoms with Gasteiger partial charge in [0.25, 0.3) is 5.91 Å². The molecule has 90 valence electrons. The quantitative estimate of drug-likeness (QED) is 0.740. The van der Waals surface area contributed by atoms with E-state index in [4.69, 9.17) is 4.74 Å². The number of rotatable bonds is 1. The summed E-state index contributed by atoms with van der Waals surface area (Å²) in [5.74, 6) is 0.147. The van der Waals surface area contributed by atoms with Crippen LogP contribution in [0.4, 0.5) is 0 Å². The Morgan fingerprint density at radius 2 is 2.00 bits per heavy atom. The van der Waals surface area contributed by atoms with Crippen LogP contribution in [0, 0.1) is 6.92 Å². The largest absolute Gasteiger partial charge is 0.371 e. The van der Waals surface area contributed by atoms with Gasteiger partial charge in [-0.1, -0.05) is 17.7 Å². The Morgan fingerprint density at radius 3 is 2.65 bits per heavy atom. The first-order chi connectivity index (χ1) is 8.22. The van der Waals surface area contributed by atoms with Gasteiger partial charge >= 0.3 is 0 Å². The summed E-state index contributed by atoms with van der Waals surface area (Å²) in [4.78, 5) is 14.3. The van der Waals surface area contributed by atoms with Gasteiger partial charge in [0, 0.05) is 18.7 Å². The Hall–Kier alpha value is -1.35. The summed E-state index contributed by atoms with van der Waals surface area (Å²) in [6.45, 7) is 3.52. The maximum absolute atomic E-state index is 12.3. The lowest BCUT2D eigenvalue weighted by atomic mass is 10.1. The highest BCUT2D eigenvalue weighted by molar-refractivity contribution is 5.94. The van der Waals surface area contributed by atoms with Crippen LogP contribution >= 0.6 is 0 Å². The number of amides is 1. The minimum Gasteiger partial charge on any atom is -0.371 e. The fourth-order valence-corrected chi connectivity index (χ4v) is 2.74. The highest BCUT2D eigenvalue weighted by Gasteiger charge is 2.35. The van der Waals surface area contributed by atoms with Crippen molar-refractivity contribution in [2.75, 3.05) is 13.1 Å². The number of aryl methyl sites for hydroxylation is 1. The van der Waals surface area contributed by atoms with Gasteiger partial charge in [-0.05, 0) is 31.9 Å². The second-order valence-corrected chi connectivity index (χ2v) is 5.04. The number of benzene rings is 1. The zero-order valence-electron chi connectivity index (χ0n) is 10.1. The predicted molar refractivity (Wildman–Crippen MR) is 65.0 cm³/mol. The summed E-state index contributed by atoms with van der Waals surface area (Å²) in [5.41, 5.74) is 1.93. The molecule has 17 heavy (non-hydrogen) atoms. The van der Waals surface area contributed by atoms with Crippen molar-refractivity contribution in [3.63, 3.8) is 0 Å². The van der Waals surface area contributed by atoms with E-state index in [1.54, 1.807) is 0 Å². The predicted octanol–water partition coefficient (Wildman–Crippen LogP) is 2.00. The molecule has 0 N–H and O–H groups in total. The van der Waals surface area contributed by atoms with Crippen LogP contribution in [0.3, 0.4) is 0 Å². The van der Waals surface area contributed by atoms with Crippen LogP contribution in [-0.2, 0) is 4.74 Å². The molecule has 0 spiro atoms. The molecule has 0 aliphatic carbocycles. The van der Waals surface area contributed by atoms with Crippen molar-refractivity contribution in [1.29, 1.82) is 0 Å². The molecule has 2 heterocycles. The molecule has 2 unspecified atom stereocenters. The molecule has 3 nitrogen and oxygen atoms in total. The van der Waals surface area contributed by atoms with E-state index in [1.165, 1.54) is 0 Å². The van der Waals surface area contributed by atoms with Gasteiger partial charge in [-0.15, -0.1) is 0 Å². The average molecular weight is 231 g/mol. The van der Waals surface area contributed by atoms with E-state index in [0.717, 1.165) is 37.1 Å². The summed E-state index contributed by atoms with van der Waals surface area (Å²) in [7, 11) is 0. The van der Waals surface area contributed by atoms with Gasteiger partial charge in [0.1, 0.15) is 0 Å². The highest BCUT2D eigenvalue weighted by atomic mass is 16.5. The number of likely N-dealkylation sites (tertiary alicyclic amines) is 1. The Balaban J connectivity index is 1.78. The summed E-state index contributed by atoms with van der Waals surface area (Å²) < 4.78 is 5.74. The lowest BCUT2D eigenvalue weighted by molar-refractivity contribution is -0.0303. The van der Waals surface area contributed by atoms with Crippen LogP contribution < -0.4 is 0 Å². The fraction of sp³-hybridized carbons (Fsp3) is 0.500. The van der Waals surface area contributed by atoms with Gasteiger partial charge < -0.3 is 9.64 Å². The van der Waals surface area contributed by atoms with E-state index in [1.807, 2.05) is 36.1 Å². The first kappa shape index (κ1) is 10.8. The second kappa shape index (κ2) is 4.15. The van der Waals surface area contributed by atoms with Gasteiger partial charge in [-0.25, -0.2) is 0 Å². The van der Waals surface area contributed by atoms with Crippen LogP contribution in [-0.4, -0.2) is 36.1 Å². The van der Waals surface area contributed by atoms with Gasteiger partial charge in [0.2, 0.25) is 0 Å². The third kappa shape index (κ3) is 2.07. The molecule has 2 bridgehead atoms. The minimum atomic E-state index is 0.147. The standard InChI is InChI=1S/C14H17NO2/c1-10-3-2-4-11(7-10)14(16)15-8-12-5-6-13(9-15)17-12/h2-4,7,12-13H,5-6,8-9H2,1H3. The summed E-state index contributed by atoms with van der Waals surface area (Å²) in [6, 6.07) is 7.81. The molecule has 3 heteroatoms. The fourth-order valence-electron chi connectivity index (χ4n) is 2.74. The average Bonchev–Trinajstić information content (AvgIpc) is 2.67. The molecule has 2 fully saturated rings. The molecule has 0 saturated carbocycles. The number of nitrogens with zero attached hydrogens (tertiary/aromatic N) is 1. The van der Waals surface area contributed by atoms with E-state index < -0.39 is 0 Å². The van der Waals surface area contributed by atoms with E-state index in [2.05, 4.69) is 0 Å². The van der Waals surface area contributed by atoms with Crippen molar-refractivity contribution in [3.05, 3.63) is 35.4 Å². The summed E-state index contributed by atoms with van der Waals surface area (Å²) in [6.07, 6.45) is 2.73. The number of hydrogen-bond acceptors (Lipinski definition) is 2. The van der Waals surface area contributed by atoms with Crippen LogP contribution in [0.2, 0.25) is 0 Å². The highest BCUT2D eigenvalue weighted by Crippen LogP contribution is 2.27. The molecule has 1 amide bonds. The lowest BCUT2D eigenvalue weighted by Crippen LogP contribution is -2.45. The normalized spacial score (nSPS) is 27.2. The van der Waals surface area contributed by atoms with Crippen molar-refractivity contribution in [1.82, 2.24) is 4.90 Å². The molecule has 2 saturated heterocycles. The van der Waals surface area contributed by atoms with Crippen molar-refractivity contribution < 1.29 is 9.53 Å². The van der Waals surface area contributed by atoms with Crippen molar-refractivity contribution in [2.45, 2.75) is 32.0 Å². The Morgan fingerprint density at radius 1 is 1.29 bits per heavy atom. The molecule has 3 rings (SSSR count). The van der Waals surface area contributed by atoms with E-state index >= 15 is 0 Å². The van der Waals surface area contributed by atoms with E-state index in [-0.39, 0.29) is 18.1 Å². The van der Waals surface area contributed by atoms with Crippen molar-refractivity contribution >= 4 is 5.91 Å². The van der Waals surface area contributed by atoms with E-state index in [9.17, 15) is 4.79 Å². The zero-order valence-corrected chi connectivity index (χ0v) is 10.1. The smallest absolute Gasteiger partial charge is 0.254 e. The minimum absolute atomic E-state index is 0.147. The molecule has 2 aliphatic heterocycles. The molecule has 1 aromatic rings. The Kier molecular flexibility index (Phi) is 2.63. The molecular weight excluding hydrogens is 214 g/mol. The summed E-state index contributed by atoms with van der Waals surface area (Å²) in [5, 5.41) is 0. The molecule has 0 aromatic heterocycles. The third-order valence-corrected chi connectivity index (χ3v) is 3.60. The van der Waals surface area contributed by atoms with Crippen LogP contribution in [0.25, 0.3) is 0 Å². The van der Waals surface area contributed by atoms with Crippen LogP contribution in [0.15, 0.2) is 24.3 Å². The van der Waals surface area contributed by atoms with Gasteiger partial charge in [0.15, 0.2) is 0 Å². The monoisotopic (exact) mass is 231 g/mol. The summed E-state index contributed by atoms with van der Waals surface area (Å²) >= 11 is 0. The lowest BCUT2D eigenvalue weighted by Gasteiger charge is -2.32. The number of carbonyl (C=O) groups is 1. The van der Waals surface area contributed by atoms with Crippen LogP contribution in [0.1, 0.15) is 28.8 Å². The third-order valence-electron chi connectivity index (χ3n) is 3.60. The zero-order chi connectivity index (χ0) is 11.8. The molecule has 2 atom stereocenters. The molecule has 0 radical (unpaired) electrons. The SMILES string of the molecule is Cc1cccc(C(=O)N2CC3CCC(C2)O3)c1. The number of ether oxygens (including phenoxy) is 1. The topological polar surface area (TPSA) is 29.5 Å². The number of carbonyl (C=O) groups excluding carboxylic acids is 1. The Labute approximate surface area is 101 Å². The maximum atomic E-state index is 12.3. The number of morpholine rings is 1. The first-order valence-electron chi connectivity index (χ1n) is 6.24. The van der Waals surface area contributed by atoms with E-state index in [0.29, 0.717) is 0 Å².